The Hall–Kier alpha value is -0.860. The molecule has 1 saturated carbocycles. The summed E-state index contributed by atoms with van der Waals surface area (Å²) in [5.74, 6) is -0.349. The van der Waals surface area contributed by atoms with E-state index in [0.29, 0.717) is 0 Å². The van der Waals surface area contributed by atoms with E-state index in [1.807, 2.05) is 6.92 Å². The number of methoxy groups -OCH3 is 1. The predicted molar refractivity (Wildman–Crippen MR) is 48.2 cm³/mol. The lowest BCUT2D eigenvalue weighted by molar-refractivity contribution is -0.147. The van der Waals surface area contributed by atoms with Crippen LogP contribution in [0.5, 0.6) is 0 Å². The number of rotatable bonds is 4. The Balaban J connectivity index is 2.50. The largest absolute Gasteiger partial charge is 0.469 e. The van der Waals surface area contributed by atoms with Crippen molar-refractivity contribution in [1.29, 1.82) is 0 Å². The Labute approximate surface area is 78.5 Å². The highest BCUT2D eigenvalue weighted by atomic mass is 16.5. The van der Waals surface area contributed by atoms with E-state index in [0.717, 1.165) is 25.7 Å². The average Bonchev–Trinajstić information content (AvgIpc) is 2.03. The molecule has 1 rings (SSSR count). The summed E-state index contributed by atoms with van der Waals surface area (Å²) in [6.45, 7) is 2.01. The molecule has 0 aliphatic heterocycles. The molecule has 1 aliphatic rings. The van der Waals surface area contributed by atoms with Gasteiger partial charge in [-0.05, 0) is 19.3 Å². The van der Waals surface area contributed by atoms with Gasteiger partial charge in [0.15, 0.2) is 0 Å². The normalized spacial score (nSPS) is 18.9. The monoisotopic (exact) mass is 184 g/mol. The van der Waals surface area contributed by atoms with Gasteiger partial charge < -0.3 is 4.74 Å². The molecule has 3 heteroatoms. The Bertz CT molecular complexity index is 211. The van der Waals surface area contributed by atoms with Gasteiger partial charge in [-0.15, -0.1) is 0 Å². The van der Waals surface area contributed by atoms with E-state index in [1.165, 1.54) is 7.11 Å². The van der Waals surface area contributed by atoms with E-state index >= 15 is 0 Å². The van der Waals surface area contributed by atoms with Gasteiger partial charge in [-0.3, -0.25) is 9.59 Å². The van der Waals surface area contributed by atoms with Crippen LogP contribution in [0, 0.1) is 5.41 Å². The SMILES string of the molecule is CCC1(C(=O)CC(=O)OC)CCC1. The van der Waals surface area contributed by atoms with Gasteiger partial charge in [0.05, 0.1) is 7.11 Å². The Morgan fingerprint density at radius 3 is 2.31 bits per heavy atom. The number of ketones is 1. The van der Waals surface area contributed by atoms with Crippen LogP contribution in [-0.4, -0.2) is 18.9 Å². The van der Waals surface area contributed by atoms with Crippen LogP contribution in [0.1, 0.15) is 39.0 Å². The van der Waals surface area contributed by atoms with Crippen molar-refractivity contribution in [2.24, 2.45) is 5.41 Å². The summed E-state index contributed by atoms with van der Waals surface area (Å²) in [6.07, 6.45) is 3.80. The molecule has 13 heavy (non-hydrogen) atoms. The molecular formula is C10H16O3. The van der Waals surface area contributed by atoms with E-state index in [2.05, 4.69) is 4.74 Å². The third-order valence-corrected chi connectivity index (χ3v) is 3.11. The summed E-state index contributed by atoms with van der Waals surface area (Å²) in [5.41, 5.74) is -0.186. The van der Waals surface area contributed by atoms with Crippen LogP contribution in [0.3, 0.4) is 0 Å². The minimum absolute atomic E-state index is 0.0513. The summed E-state index contributed by atoms with van der Waals surface area (Å²) >= 11 is 0. The van der Waals surface area contributed by atoms with Crippen LogP contribution in [0.4, 0.5) is 0 Å². The molecule has 0 heterocycles. The van der Waals surface area contributed by atoms with Gasteiger partial charge in [0, 0.05) is 5.41 Å². The van der Waals surface area contributed by atoms with Crippen molar-refractivity contribution in [3.05, 3.63) is 0 Å². The summed E-state index contributed by atoms with van der Waals surface area (Å²) in [5, 5.41) is 0. The van der Waals surface area contributed by atoms with Crippen molar-refractivity contribution >= 4 is 11.8 Å². The zero-order chi connectivity index (χ0) is 9.90. The third kappa shape index (κ3) is 1.90. The quantitative estimate of drug-likeness (QED) is 0.493. The van der Waals surface area contributed by atoms with E-state index < -0.39 is 5.97 Å². The van der Waals surface area contributed by atoms with Crippen molar-refractivity contribution < 1.29 is 14.3 Å². The van der Waals surface area contributed by atoms with Crippen molar-refractivity contribution in [2.75, 3.05) is 7.11 Å². The topological polar surface area (TPSA) is 43.4 Å². The molecule has 0 aromatic carbocycles. The molecule has 0 unspecified atom stereocenters. The van der Waals surface area contributed by atoms with Crippen molar-refractivity contribution in [2.45, 2.75) is 39.0 Å². The maximum Gasteiger partial charge on any atom is 0.313 e. The molecule has 0 N–H and O–H groups in total. The number of Topliss-reactive ketones (excluding diaryl/α,β-unsaturated/α-hetero) is 1. The van der Waals surface area contributed by atoms with Crippen LogP contribution >= 0.6 is 0 Å². The van der Waals surface area contributed by atoms with Gasteiger partial charge in [0.25, 0.3) is 0 Å². The first-order chi connectivity index (χ1) is 6.14. The zero-order valence-electron chi connectivity index (χ0n) is 8.26. The maximum absolute atomic E-state index is 11.6. The molecule has 74 valence electrons. The van der Waals surface area contributed by atoms with Crippen LogP contribution in [0.2, 0.25) is 0 Å². The molecule has 0 atom stereocenters. The molecule has 3 nitrogen and oxygen atoms in total. The zero-order valence-corrected chi connectivity index (χ0v) is 8.26. The van der Waals surface area contributed by atoms with Crippen LogP contribution in [0.25, 0.3) is 0 Å². The number of esters is 1. The van der Waals surface area contributed by atoms with E-state index in [4.69, 9.17) is 0 Å². The lowest BCUT2D eigenvalue weighted by Gasteiger charge is -2.39. The van der Waals surface area contributed by atoms with Crippen molar-refractivity contribution in [1.82, 2.24) is 0 Å². The predicted octanol–water partition coefficient (Wildman–Crippen LogP) is 1.70. The highest BCUT2D eigenvalue weighted by Gasteiger charge is 2.42. The van der Waals surface area contributed by atoms with Gasteiger partial charge in [-0.25, -0.2) is 0 Å². The molecule has 0 spiro atoms. The average molecular weight is 184 g/mol. The highest BCUT2D eigenvalue weighted by Crippen LogP contribution is 2.45. The van der Waals surface area contributed by atoms with Crippen LogP contribution in [-0.2, 0) is 14.3 Å². The summed E-state index contributed by atoms with van der Waals surface area (Å²) < 4.78 is 4.47. The smallest absolute Gasteiger partial charge is 0.313 e. The van der Waals surface area contributed by atoms with Gasteiger partial charge in [0.1, 0.15) is 12.2 Å². The second kappa shape index (κ2) is 3.90. The van der Waals surface area contributed by atoms with E-state index in [9.17, 15) is 9.59 Å². The molecule has 0 radical (unpaired) electrons. The van der Waals surface area contributed by atoms with Crippen molar-refractivity contribution in [3.8, 4) is 0 Å². The number of carbonyl (C=O) groups excluding carboxylic acids is 2. The first-order valence-electron chi connectivity index (χ1n) is 4.75. The van der Waals surface area contributed by atoms with Gasteiger partial charge in [-0.2, -0.15) is 0 Å². The van der Waals surface area contributed by atoms with Gasteiger partial charge in [0.2, 0.25) is 0 Å². The molecule has 0 bridgehead atoms. The Kier molecular flexibility index (Phi) is 3.07. The molecular weight excluding hydrogens is 168 g/mol. The molecule has 1 fully saturated rings. The molecule has 1 aliphatic carbocycles. The lowest BCUT2D eigenvalue weighted by Crippen LogP contribution is -2.38. The summed E-state index contributed by atoms with van der Waals surface area (Å²) in [7, 11) is 1.31. The highest BCUT2D eigenvalue weighted by molar-refractivity contribution is 5.99. The standard InChI is InChI=1S/C10H16O3/c1-3-10(5-4-6-10)8(11)7-9(12)13-2/h3-7H2,1-2H3. The minimum Gasteiger partial charge on any atom is -0.469 e. The molecule has 0 aromatic heterocycles. The van der Waals surface area contributed by atoms with Crippen molar-refractivity contribution in [3.63, 3.8) is 0 Å². The second-order valence-electron chi connectivity index (χ2n) is 3.66. The fourth-order valence-corrected chi connectivity index (χ4v) is 1.82. The molecule has 0 aromatic rings. The first-order valence-corrected chi connectivity index (χ1v) is 4.75. The number of ether oxygens (including phenoxy) is 1. The number of hydrogen-bond donors (Lipinski definition) is 0. The van der Waals surface area contributed by atoms with E-state index in [-0.39, 0.29) is 17.6 Å². The van der Waals surface area contributed by atoms with Crippen LogP contribution in [0.15, 0.2) is 0 Å². The summed E-state index contributed by atoms with van der Waals surface area (Å²) in [6, 6.07) is 0. The number of carbonyl (C=O) groups is 2. The van der Waals surface area contributed by atoms with E-state index in [1.54, 1.807) is 0 Å². The van der Waals surface area contributed by atoms with Crippen LogP contribution < -0.4 is 0 Å². The molecule has 0 saturated heterocycles. The third-order valence-electron chi connectivity index (χ3n) is 3.11. The fraction of sp³-hybridized carbons (Fsp3) is 0.800. The lowest BCUT2D eigenvalue weighted by atomic mass is 9.64. The minimum atomic E-state index is -0.412. The van der Waals surface area contributed by atoms with Gasteiger partial charge in [-0.1, -0.05) is 13.3 Å². The summed E-state index contributed by atoms with van der Waals surface area (Å²) in [4.78, 5) is 22.5. The molecule has 0 amide bonds. The van der Waals surface area contributed by atoms with Gasteiger partial charge >= 0.3 is 5.97 Å². The maximum atomic E-state index is 11.6. The second-order valence-corrected chi connectivity index (χ2v) is 3.66. The Morgan fingerprint density at radius 1 is 1.38 bits per heavy atom. The fourth-order valence-electron chi connectivity index (χ4n) is 1.82. The number of hydrogen-bond acceptors (Lipinski definition) is 3. The Morgan fingerprint density at radius 2 is 2.00 bits per heavy atom. The first kappa shape index (κ1) is 10.2.